The largest absolute Gasteiger partial charge is 0.480 e. The molecule has 1 N–H and O–H groups in total. The first kappa shape index (κ1) is 14.9. The van der Waals surface area contributed by atoms with Gasteiger partial charge in [-0.05, 0) is 12.1 Å². The number of carboxylic acids is 1. The summed E-state index contributed by atoms with van der Waals surface area (Å²) in [4.78, 5) is 35.8. The number of hydrogen-bond acceptors (Lipinski definition) is 4. The molecule has 19 heavy (non-hydrogen) atoms. The highest BCUT2D eigenvalue weighted by Gasteiger charge is 2.21. The summed E-state index contributed by atoms with van der Waals surface area (Å²) in [5.74, 6) is -1.75. The number of carbonyl (C=O) groups is 2. The fourth-order valence-corrected chi connectivity index (χ4v) is 1.55. The van der Waals surface area contributed by atoms with Crippen LogP contribution in [0.1, 0.15) is 10.4 Å². The monoisotopic (exact) mass is 268 g/mol. The fourth-order valence-electron chi connectivity index (χ4n) is 1.55. The van der Waals surface area contributed by atoms with Crippen LogP contribution in [-0.4, -0.2) is 53.3 Å². The van der Waals surface area contributed by atoms with E-state index in [4.69, 9.17) is 9.84 Å². The normalized spacial score (nSPS) is 10.2. The number of aromatic nitrogens is 1. The van der Waals surface area contributed by atoms with Crippen LogP contribution in [0.3, 0.4) is 0 Å². The van der Waals surface area contributed by atoms with Gasteiger partial charge in [-0.2, -0.15) is 0 Å². The second kappa shape index (κ2) is 6.69. The molecule has 7 nitrogen and oxygen atoms in total. The van der Waals surface area contributed by atoms with Crippen LogP contribution < -0.4 is 5.56 Å². The number of ether oxygens (including phenoxy) is 1. The van der Waals surface area contributed by atoms with Crippen LogP contribution in [0.25, 0.3) is 0 Å². The van der Waals surface area contributed by atoms with Gasteiger partial charge in [0, 0.05) is 26.9 Å². The lowest BCUT2D eigenvalue weighted by atomic mass is 10.2. The number of carboxylic acid groups (broad SMARTS) is 1. The number of aryl methyl sites for hydroxylation is 1. The third-order valence-electron chi connectivity index (χ3n) is 2.53. The Morgan fingerprint density at radius 1 is 1.47 bits per heavy atom. The Morgan fingerprint density at radius 3 is 2.74 bits per heavy atom. The maximum atomic E-state index is 12.2. The Balaban J connectivity index is 3.01. The van der Waals surface area contributed by atoms with Crippen molar-refractivity contribution in [2.24, 2.45) is 7.05 Å². The van der Waals surface area contributed by atoms with E-state index in [2.05, 4.69) is 0 Å². The van der Waals surface area contributed by atoms with Gasteiger partial charge in [0.25, 0.3) is 11.5 Å². The van der Waals surface area contributed by atoms with E-state index in [-0.39, 0.29) is 18.7 Å². The lowest BCUT2D eigenvalue weighted by Gasteiger charge is -2.20. The standard InChI is InChI=1S/C12H16N2O5/c1-13-5-3-4-9(11(13)17)12(18)14(6-7-19-2)8-10(15)16/h3-5H,6-8H2,1-2H3,(H,15,16). The second-order valence-corrected chi connectivity index (χ2v) is 3.95. The molecule has 0 saturated heterocycles. The minimum absolute atomic E-state index is 0.0534. The molecule has 1 heterocycles. The zero-order valence-electron chi connectivity index (χ0n) is 10.8. The van der Waals surface area contributed by atoms with Gasteiger partial charge in [-0.1, -0.05) is 0 Å². The van der Waals surface area contributed by atoms with Gasteiger partial charge >= 0.3 is 5.97 Å². The maximum Gasteiger partial charge on any atom is 0.323 e. The Hall–Kier alpha value is -2.15. The lowest BCUT2D eigenvalue weighted by molar-refractivity contribution is -0.137. The molecule has 104 valence electrons. The van der Waals surface area contributed by atoms with E-state index < -0.39 is 24.0 Å². The molecule has 0 atom stereocenters. The maximum absolute atomic E-state index is 12.2. The van der Waals surface area contributed by atoms with E-state index >= 15 is 0 Å². The van der Waals surface area contributed by atoms with Gasteiger partial charge in [0.15, 0.2) is 0 Å². The van der Waals surface area contributed by atoms with Gasteiger partial charge in [0.2, 0.25) is 0 Å². The highest BCUT2D eigenvalue weighted by Crippen LogP contribution is 2.00. The Morgan fingerprint density at radius 2 is 2.16 bits per heavy atom. The van der Waals surface area contributed by atoms with Crippen LogP contribution in [0.4, 0.5) is 0 Å². The van der Waals surface area contributed by atoms with Crippen LogP contribution in [0.15, 0.2) is 23.1 Å². The molecule has 0 aliphatic heterocycles. The molecule has 0 aromatic carbocycles. The molecular formula is C12H16N2O5. The van der Waals surface area contributed by atoms with Crippen LogP contribution >= 0.6 is 0 Å². The molecule has 0 bridgehead atoms. The third-order valence-corrected chi connectivity index (χ3v) is 2.53. The number of methoxy groups -OCH3 is 1. The van der Waals surface area contributed by atoms with Crippen molar-refractivity contribution in [3.05, 3.63) is 34.2 Å². The van der Waals surface area contributed by atoms with Gasteiger partial charge in [-0.15, -0.1) is 0 Å². The highest BCUT2D eigenvalue weighted by molar-refractivity contribution is 5.95. The molecule has 0 saturated carbocycles. The Kier molecular flexibility index (Phi) is 5.25. The van der Waals surface area contributed by atoms with E-state index in [1.54, 1.807) is 6.07 Å². The van der Waals surface area contributed by atoms with Gasteiger partial charge in [-0.25, -0.2) is 0 Å². The molecule has 1 rings (SSSR count). The molecule has 0 radical (unpaired) electrons. The summed E-state index contributed by atoms with van der Waals surface area (Å²) in [7, 11) is 2.97. The summed E-state index contributed by atoms with van der Waals surface area (Å²) in [5.41, 5.74) is -0.511. The van der Waals surface area contributed by atoms with Crippen LogP contribution in [-0.2, 0) is 16.6 Å². The summed E-state index contributed by atoms with van der Waals surface area (Å²) in [6, 6.07) is 2.94. The van der Waals surface area contributed by atoms with Crippen molar-refractivity contribution in [1.29, 1.82) is 0 Å². The van der Waals surface area contributed by atoms with E-state index in [9.17, 15) is 14.4 Å². The predicted octanol–water partition coefficient (Wildman–Crippen LogP) is -0.442. The van der Waals surface area contributed by atoms with Crippen molar-refractivity contribution in [1.82, 2.24) is 9.47 Å². The average molecular weight is 268 g/mol. The van der Waals surface area contributed by atoms with Gasteiger partial charge in [0.05, 0.1) is 6.61 Å². The van der Waals surface area contributed by atoms with Crippen LogP contribution in [0, 0.1) is 0 Å². The first-order valence-electron chi connectivity index (χ1n) is 5.63. The number of amides is 1. The number of hydrogen-bond donors (Lipinski definition) is 1. The molecule has 0 fully saturated rings. The fraction of sp³-hybridized carbons (Fsp3) is 0.417. The quantitative estimate of drug-likeness (QED) is 0.755. The van der Waals surface area contributed by atoms with E-state index in [0.717, 1.165) is 4.90 Å². The van der Waals surface area contributed by atoms with E-state index in [1.807, 2.05) is 0 Å². The van der Waals surface area contributed by atoms with Gasteiger partial charge in [-0.3, -0.25) is 14.4 Å². The van der Waals surface area contributed by atoms with E-state index in [1.165, 1.54) is 31.0 Å². The summed E-state index contributed by atoms with van der Waals surface area (Å²) in [6.07, 6.45) is 1.52. The number of aliphatic carboxylic acids is 1. The van der Waals surface area contributed by atoms with Crippen molar-refractivity contribution < 1.29 is 19.4 Å². The molecule has 7 heteroatoms. The molecule has 1 amide bonds. The number of carbonyl (C=O) groups excluding carboxylic acids is 1. The summed E-state index contributed by atoms with van der Waals surface area (Å²) in [6.45, 7) is -0.161. The molecule has 0 aliphatic rings. The highest BCUT2D eigenvalue weighted by atomic mass is 16.5. The van der Waals surface area contributed by atoms with Crippen LogP contribution in [0.2, 0.25) is 0 Å². The minimum atomic E-state index is -1.14. The lowest BCUT2D eigenvalue weighted by Crippen LogP contribution is -2.41. The average Bonchev–Trinajstić information content (AvgIpc) is 2.36. The number of rotatable bonds is 6. The van der Waals surface area contributed by atoms with Crippen molar-refractivity contribution in [3.8, 4) is 0 Å². The number of pyridine rings is 1. The smallest absolute Gasteiger partial charge is 0.323 e. The first-order valence-corrected chi connectivity index (χ1v) is 5.63. The molecule has 0 unspecified atom stereocenters. The van der Waals surface area contributed by atoms with Crippen LogP contribution in [0.5, 0.6) is 0 Å². The first-order chi connectivity index (χ1) is 8.97. The predicted molar refractivity (Wildman–Crippen MR) is 67.1 cm³/mol. The SMILES string of the molecule is COCCN(CC(=O)O)C(=O)c1cccn(C)c1=O. The topological polar surface area (TPSA) is 88.8 Å². The summed E-state index contributed by atoms with van der Waals surface area (Å²) < 4.78 is 6.09. The summed E-state index contributed by atoms with van der Waals surface area (Å²) >= 11 is 0. The third kappa shape index (κ3) is 3.92. The molecule has 0 aliphatic carbocycles. The molecule has 0 spiro atoms. The number of nitrogens with zero attached hydrogens (tertiary/aromatic N) is 2. The summed E-state index contributed by atoms with van der Waals surface area (Å²) in [5, 5.41) is 8.78. The Bertz CT molecular complexity index is 523. The second-order valence-electron chi connectivity index (χ2n) is 3.95. The van der Waals surface area contributed by atoms with Crippen molar-refractivity contribution in [2.45, 2.75) is 0 Å². The zero-order chi connectivity index (χ0) is 14.4. The van der Waals surface area contributed by atoms with Gasteiger partial charge < -0.3 is 19.3 Å². The zero-order valence-corrected chi connectivity index (χ0v) is 10.8. The van der Waals surface area contributed by atoms with Crippen molar-refractivity contribution >= 4 is 11.9 Å². The molecule has 1 aromatic heterocycles. The molecular weight excluding hydrogens is 252 g/mol. The minimum Gasteiger partial charge on any atom is -0.480 e. The molecule has 1 aromatic rings. The van der Waals surface area contributed by atoms with Crippen molar-refractivity contribution in [2.75, 3.05) is 26.8 Å². The van der Waals surface area contributed by atoms with Crippen molar-refractivity contribution in [3.63, 3.8) is 0 Å². The Labute approximate surface area is 110 Å². The van der Waals surface area contributed by atoms with Gasteiger partial charge in [0.1, 0.15) is 12.1 Å². The van der Waals surface area contributed by atoms with E-state index in [0.29, 0.717) is 0 Å².